The maximum Gasteiger partial charge on any atom is 0.215 e. The Hall–Kier alpha value is -2.92. The van der Waals surface area contributed by atoms with E-state index < -0.39 is 0 Å². The predicted molar refractivity (Wildman–Crippen MR) is 99.9 cm³/mol. The highest BCUT2D eigenvalue weighted by Gasteiger charge is 2.17. The first kappa shape index (κ1) is 12.5. The van der Waals surface area contributed by atoms with Crippen LogP contribution in [0.3, 0.4) is 0 Å². The van der Waals surface area contributed by atoms with E-state index in [1.165, 1.54) is 36.7 Å². The number of para-hydroxylation sites is 2. The molecule has 4 heterocycles. The van der Waals surface area contributed by atoms with Crippen molar-refractivity contribution in [2.24, 2.45) is 7.05 Å². The van der Waals surface area contributed by atoms with Gasteiger partial charge in [-0.2, -0.15) is 0 Å². The number of pyridine rings is 1. The number of fused-ring (bicyclic) bond motifs is 9. The summed E-state index contributed by atoms with van der Waals surface area (Å²) < 4.78 is 6.95. The van der Waals surface area contributed by atoms with Gasteiger partial charge in [0.2, 0.25) is 5.78 Å². The molecule has 6 aromatic rings. The van der Waals surface area contributed by atoms with Crippen LogP contribution in [0.4, 0.5) is 0 Å². The van der Waals surface area contributed by atoms with Crippen LogP contribution in [0.15, 0.2) is 54.9 Å². The van der Waals surface area contributed by atoms with Crippen molar-refractivity contribution in [2.75, 3.05) is 0 Å². The Labute approximate surface area is 140 Å². The standard InChI is InChI=1S/C19H12N4S/c1-22-14-4-2-3-5-15(14)23-17-13(21-19(22)23)7-6-12-11-8-9-20-10-16(11)24-18(12)17/h2-10H,1H3. The Morgan fingerprint density at radius 2 is 1.83 bits per heavy atom. The van der Waals surface area contributed by atoms with Gasteiger partial charge in [0.05, 0.1) is 31.5 Å². The molecule has 0 saturated heterocycles. The molecule has 0 saturated carbocycles. The van der Waals surface area contributed by atoms with Crippen LogP contribution in [-0.4, -0.2) is 18.9 Å². The van der Waals surface area contributed by atoms with Crippen LogP contribution in [0.5, 0.6) is 0 Å². The average Bonchev–Trinajstić information content (AvgIpc) is 3.25. The summed E-state index contributed by atoms with van der Waals surface area (Å²) in [4.78, 5) is 9.17. The van der Waals surface area contributed by atoms with Crippen LogP contribution in [0, 0.1) is 0 Å². The molecule has 0 atom stereocenters. The zero-order chi connectivity index (χ0) is 15.8. The number of aromatic nitrogens is 4. The van der Waals surface area contributed by atoms with Crippen LogP contribution in [0.1, 0.15) is 0 Å². The number of hydrogen-bond acceptors (Lipinski definition) is 3. The van der Waals surface area contributed by atoms with Gasteiger partial charge in [-0.25, -0.2) is 4.98 Å². The molecule has 0 aliphatic rings. The lowest BCUT2D eigenvalue weighted by Gasteiger charge is -1.97. The summed E-state index contributed by atoms with van der Waals surface area (Å²) in [6.45, 7) is 0. The second-order valence-corrected chi connectivity index (χ2v) is 7.13. The molecule has 0 aliphatic heterocycles. The normalized spacial score (nSPS) is 12.4. The number of thiophene rings is 1. The highest BCUT2D eigenvalue weighted by atomic mass is 32.1. The van der Waals surface area contributed by atoms with E-state index in [1.807, 2.05) is 12.4 Å². The van der Waals surface area contributed by atoms with Crippen LogP contribution in [0.2, 0.25) is 0 Å². The largest absolute Gasteiger partial charge is 0.313 e. The van der Waals surface area contributed by atoms with E-state index in [1.54, 1.807) is 11.3 Å². The zero-order valence-corrected chi connectivity index (χ0v) is 13.7. The maximum absolute atomic E-state index is 4.89. The first-order valence-electron chi connectivity index (χ1n) is 7.84. The molecule has 0 unspecified atom stereocenters. The van der Waals surface area contributed by atoms with E-state index >= 15 is 0 Å². The minimum Gasteiger partial charge on any atom is -0.313 e. The van der Waals surface area contributed by atoms with Crippen LogP contribution in [-0.2, 0) is 7.05 Å². The third kappa shape index (κ3) is 1.35. The topological polar surface area (TPSA) is 35.1 Å². The quantitative estimate of drug-likeness (QED) is 0.403. The molecular formula is C19H12N4S. The molecule has 4 aromatic heterocycles. The summed E-state index contributed by atoms with van der Waals surface area (Å²) >= 11 is 1.80. The van der Waals surface area contributed by atoms with Crippen molar-refractivity contribution in [1.29, 1.82) is 0 Å². The van der Waals surface area contributed by atoms with Crippen LogP contribution >= 0.6 is 11.3 Å². The molecule has 0 spiro atoms. The van der Waals surface area contributed by atoms with E-state index in [0.717, 1.165) is 11.3 Å². The van der Waals surface area contributed by atoms with Gasteiger partial charge in [-0.05, 0) is 24.3 Å². The van der Waals surface area contributed by atoms with Crippen LogP contribution in [0.25, 0.3) is 48.0 Å². The number of rotatable bonds is 0. The van der Waals surface area contributed by atoms with E-state index in [-0.39, 0.29) is 0 Å². The average molecular weight is 328 g/mol. The number of aryl methyl sites for hydroxylation is 1. The molecule has 0 fully saturated rings. The van der Waals surface area contributed by atoms with E-state index in [2.05, 4.69) is 63.5 Å². The summed E-state index contributed by atoms with van der Waals surface area (Å²) in [5.41, 5.74) is 4.63. The monoisotopic (exact) mass is 328 g/mol. The van der Waals surface area contributed by atoms with Gasteiger partial charge < -0.3 is 4.57 Å². The fourth-order valence-electron chi connectivity index (χ4n) is 3.73. The smallest absolute Gasteiger partial charge is 0.215 e. The number of imidazole rings is 2. The molecule has 2 aromatic carbocycles. The highest BCUT2D eigenvalue weighted by molar-refractivity contribution is 7.26. The Balaban J connectivity index is 1.98. The Morgan fingerprint density at radius 1 is 0.958 bits per heavy atom. The van der Waals surface area contributed by atoms with Crippen molar-refractivity contribution >= 4 is 59.4 Å². The summed E-state index contributed by atoms with van der Waals surface area (Å²) in [6, 6.07) is 14.9. The third-order valence-electron chi connectivity index (χ3n) is 4.82. The molecule has 5 heteroatoms. The molecule has 0 radical (unpaired) electrons. The van der Waals surface area contributed by atoms with Gasteiger partial charge >= 0.3 is 0 Å². The van der Waals surface area contributed by atoms with Gasteiger partial charge in [0.15, 0.2) is 0 Å². The van der Waals surface area contributed by atoms with Gasteiger partial charge in [-0.15, -0.1) is 11.3 Å². The van der Waals surface area contributed by atoms with Gasteiger partial charge in [-0.1, -0.05) is 18.2 Å². The third-order valence-corrected chi connectivity index (χ3v) is 5.99. The lowest BCUT2D eigenvalue weighted by Crippen LogP contribution is -1.87. The SMILES string of the molecule is Cn1c2ccccc2n2c3c(ccc4c5ccncc5sc43)nc12. The predicted octanol–water partition coefficient (Wildman–Crippen LogP) is 4.74. The summed E-state index contributed by atoms with van der Waals surface area (Å²) in [5, 5.41) is 2.54. The molecule has 24 heavy (non-hydrogen) atoms. The van der Waals surface area contributed by atoms with Gasteiger partial charge in [0.25, 0.3) is 0 Å². The van der Waals surface area contributed by atoms with Crippen LogP contribution < -0.4 is 0 Å². The van der Waals surface area contributed by atoms with Crippen molar-refractivity contribution in [3.05, 3.63) is 54.9 Å². The van der Waals surface area contributed by atoms with Crippen molar-refractivity contribution in [3.8, 4) is 0 Å². The van der Waals surface area contributed by atoms with Crippen molar-refractivity contribution in [1.82, 2.24) is 18.9 Å². The molecule has 0 amide bonds. The van der Waals surface area contributed by atoms with Gasteiger partial charge in [-0.3, -0.25) is 9.38 Å². The highest BCUT2D eigenvalue weighted by Crippen LogP contribution is 2.39. The zero-order valence-electron chi connectivity index (χ0n) is 12.9. The number of hydrogen-bond donors (Lipinski definition) is 0. The fraction of sp³-hybridized carbons (Fsp3) is 0.0526. The van der Waals surface area contributed by atoms with E-state index in [0.29, 0.717) is 0 Å². The molecular weight excluding hydrogens is 316 g/mol. The maximum atomic E-state index is 4.89. The van der Waals surface area contributed by atoms with E-state index in [9.17, 15) is 0 Å². The molecule has 114 valence electrons. The number of nitrogens with zero attached hydrogens (tertiary/aromatic N) is 4. The Kier molecular flexibility index (Phi) is 2.15. The minimum absolute atomic E-state index is 0.981. The fourth-order valence-corrected chi connectivity index (χ4v) is 4.93. The first-order valence-corrected chi connectivity index (χ1v) is 8.65. The van der Waals surface area contributed by atoms with Gasteiger partial charge in [0, 0.05) is 30.2 Å². The second kappa shape index (κ2) is 4.13. The van der Waals surface area contributed by atoms with Crippen molar-refractivity contribution in [3.63, 3.8) is 0 Å². The van der Waals surface area contributed by atoms with Crippen molar-refractivity contribution in [2.45, 2.75) is 0 Å². The number of benzene rings is 2. The molecule has 4 nitrogen and oxygen atoms in total. The Morgan fingerprint density at radius 3 is 2.75 bits per heavy atom. The summed E-state index contributed by atoms with van der Waals surface area (Å²) in [5.74, 6) is 0.981. The van der Waals surface area contributed by atoms with Gasteiger partial charge in [0.1, 0.15) is 0 Å². The summed E-state index contributed by atoms with van der Waals surface area (Å²) in [7, 11) is 2.08. The molecule has 0 aliphatic carbocycles. The van der Waals surface area contributed by atoms with Crippen molar-refractivity contribution < 1.29 is 0 Å². The lowest BCUT2D eigenvalue weighted by molar-refractivity contribution is 0.974. The summed E-state index contributed by atoms with van der Waals surface area (Å²) in [6.07, 6.45) is 3.82. The second-order valence-electron chi connectivity index (χ2n) is 6.08. The Bertz CT molecular complexity index is 1420. The lowest BCUT2D eigenvalue weighted by atomic mass is 10.1. The molecule has 0 bridgehead atoms. The van der Waals surface area contributed by atoms with E-state index in [4.69, 9.17) is 4.98 Å². The minimum atomic E-state index is 0.981. The first-order chi connectivity index (χ1) is 11.8. The molecule has 0 N–H and O–H groups in total. The molecule has 6 rings (SSSR count).